The third-order valence-corrected chi connectivity index (χ3v) is 3.64. The lowest BCUT2D eigenvalue weighted by Crippen LogP contribution is -2.36. The zero-order chi connectivity index (χ0) is 13.6. The van der Waals surface area contributed by atoms with Crippen molar-refractivity contribution in [3.63, 3.8) is 0 Å². The molecule has 0 amide bonds. The molecule has 1 aromatic rings. The fourth-order valence-electron chi connectivity index (χ4n) is 2.34. The Morgan fingerprint density at radius 3 is 2.79 bits per heavy atom. The van der Waals surface area contributed by atoms with E-state index in [9.17, 15) is 5.11 Å². The number of nitrogens with two attached hydrogens (primary N) is 1. The second-order valence-corrected chi connectivity index (χ2v) is 5.06. The summed E-state index contributed by atoms with van der Waals surface area (Å²) in [6.07, 6.45) is 2.91. The van der Waals surface area contributed by atoms with Gasteiger partial charge in [0, 0.05) is 26.2 Å². The summed E-state index contributed by atoms with van der Waals surface area (Å²) in [5, 5.41) is 10.5. The van der Waals surface area contributed by atoms with Crippen molar-refractivity contribution in [3.05, 3.63) is 35.9 Å². The van der Waals surface area contributed by atoms with Crippen molar-refractivity contribution in [1.29, 1.82) is 0 Å². The van der Waals surface area contributed by atoms with Crippen LogP contribution in [0.25, 0.3) is 0 Å². The molecule has 0 bridgehead atoms. The minimum absolute atomic E-state index is 0.195. The summed E-state index contributed by atoms with van der Waals surface area (Å²) in [5.41, 5.74) is 5.56. The van der Waals surface area contributed by atoms with Gasteiger partial charge >= 0.3 is 0 Å². The largest absolute Gasteiger partial charge is 0.384 e. The van der Waals surface area contributed by atoms with Crippen molar-refractivity contribution in [1.82, 2.24) is 0 Å². The highest BCUT2D eigenvalue weighted by Gasteiger charge is 2.27. The summed E-state index contributed by atoms with van der Waals surface area (Å²) in [6.45, 7) is 2.13. The molecule has 2 rings (SSSR count). The van der Waals surface area contributed by atoms with Crippen LogP contribution in [0.4, 0.5) is 0 Å². The molecule has 0 radical (unpaired) electrons. The van der Waals surface area contributed by atoms with Gasteiger partial charge in [-0.3, -0.25) is 0 Å². The lowest BCUT2D eigenvalue weighted by atomic mass is 9.91. The maximum Gasteiger partial charge on any atom is 0.104 e. The summed E-state index contributed by atoms with van der Waals surface area (Å²) in [4.78, 5) is 0. The highest BCUT2D eigenvalue weighted by molar-refractivity contribution is 5.22. The van der Waals surface area contributed by atoms with Crippen LogP contribution in [0.3, 0.4) is 0 Å². The van der Waals surface area contributed by atoms with E-state index in [2.05, 4.69) is 0 Å². The van der Waals surface area contributed by atoms with Crippen LogP contribution >= 0.6 is 0 Å². The van der Waals surface area contributed by atoms with Gasteiger partial charge in [0.05, 0.1) is 12.7 Å². The molecule has 1 saturated heterocycles. The molecule has 1 aliphatic rings. The Morgan fingerprint density at radius 2 is 2.16 bits per heavy atom. The molecular weight excluding hydrogens is 242 g/mol. The highest BCUT2D eigenvalue weighted by Crippen LogP contribution is 2.23. The summed E-state index contributed by atoms with van der Waals surface area (Å²) < 4.78 is 11.1. The highest BCUT2D eigenvalue weighted by atomic mass is 16.5. The first-order valence-corrected chi connectivity index (χ1v) is 6.92. The van der Waals surface area contributed by atoms with Gasteiger partial charge in [-0.05, 0) is 18.4 Å². The van der Waals surface area contributed by atoms with Crippen molar-refractivity contribution in [2.24, 2.45) is 5.73 Å². The van der Waals surface area contributed by atoms with E-state index in [4.69, 9.17) is 15.2 Å². The van der Waals surface area contributed by atoms with Crippen LogP contribution < -0.4 is 5.73 Å². The molecule has 1 aliphatic heterocycles. The molecule has 0 saturated carbocycles. The molecule has 0 aromatic heterocycles. The average Bonchev–Trinajstić information content (AvgIpc) is 2.97. The van der Waals surface area contributed by atoms with Crippen molar-refractivity contribution >= 4 is 0 Å². The van der Waals surface area contributed by atoms with Gasteiger partial charge in [0.25, 0.3) is 0 Å². The first-order valence-electron chi connectivity index (χ1n) is 6.92. The van der Waals surface area contributed by atoms with Crippen molar-refractivity contribution < 1.29 is 14.6 Å². The van der Waals surface area contributed by atoms with Gasteiger partial charge < -0.3 is 20.3 Å². The lowest BCUT2D eigenvalue weighted by Gasteiger charge is -2.27. The van der Waals surface area contributed by atoms with Crippen LogP contribution in [0, 0.1) is 0 Å². The average molecular weight is 265 g/mol. The maximum absolute atomic E-state index is 10.5. The van der Waals surface area contributed by atoms with Gasteiger partial charge in [-0.2, -0.15) is 0 Å². The van der Waals surface area contributed by atoms with Crippen molar-refractivity contribution in [2.75, 3.05) is 26.4 Å². The molecule has 2 atom stereocenters. The van der Waals surface area contributed by atoms with E-state index in [-0.39, 0.29) is 12.6 Å². The van der Waals surface area contributed by atoms with E-state index in [1.54, 1.807) is 0 Å². The molecule has 3 N–H and O–H groups in total. The zero-order valence-corrected chi connectivity index (χ0v) is 11.3. The third-order valence-electron chi connectivity index (χ3n) is 3.64. The molecule has 4 heteroatoms. The Hall–Kier alpha value is -0.940. The maximum atomic E-state index is 10.5. The Balaban J connectivity index is 1.78. The molecule has 106 valence electrons. The van der Waals surface area contributed by atoms with Crippen LogP contribution in [0.5, 0.6) is 0 Å². The molecule has 2 unspecified atom stereocenters. The molecular formula is C15H23NO3. The predicted octanol–water partition coefficient (Wildman–Crippen LogP) is 1.42. The number of rotatable bonds is 7. The second kappa shape index (κ2) is 7.01. The molecule has 19 heavy (non-hydrogen) atoms. The van der Waals surface area contributed by atoms with Gasteiger partial charge in [0.2, 0.25) is 0 Å². The van der Waals surface area contributed by atoms with E-state index < -0.39 is 5.60 Å². The third kappa shape index (κ3) is 4.01. The van der Waals surface area contributed by atoms with Crippen LogP contribution in [0.1, 0.15) is 24.8 Å². The number of hydrogen-bond donors (Lipinski definition) is 2. The molecule has 0 spiro atoms. The Bertz CT molecular complexity index is 365. The molecule has 1 fully saturated rings. The van der Waals surface area contributed by atoms with Crippen molar-refractivity contribution in [3.8, 4) is 0 Å². The molecule has 0 aliphatic carbocycles. The summed E-state index contributed by atoms with van der Waals surface area (Å²) in [7, 11) is 0. The molecule has 1 heterocycles. The normalized spacial score (nSPS) is 22.3. The van der Waals surface area contributed by atoms with Gasteiger partial charge in [-0.1, -0.05) is 30.3 Å². The number of ether oxygens (including phenoxy) is 2. The lowest BCUT2D eigenvalue weighted by molar-refractivity contribution is -0.0229. The summed E-state index contributed by atoms with van der Waals surface area (Å²) in [5.74, 6) is 0. The number of benzene rings is 1. The summed E-state index contributed by atoms with van der Waals surface area (Å²) >= 11 is 0. The van der Waals surface area contributed by atoms with Crippen molar-refractivity contribution in [2.45, 2.75) is 31.0 Å². The van der Waals surface area contributed by atoms with Gasteiger partial charge in [0.1, 0.15) is 5.60 Å². The van der Waals surface area contributed by atoms with Crippen LogP contribution in [-0.2, 0) is 15.1 Å². The number of aliphatic hydroxyl groups is 1. The SMILES string of the molecule is NCC(O)(CCOCC1CCCO1)c1ccccc1. The van der Waals surface area contributed by atoms with Gasteiger partial charge in [0.15, 0.2) is 0 Å². The van der Waals surface area contributed by atoms with E-state index in [0.29, 0.717) is 19.6 Å². The second-order valence-electron chi connectivity index (χ2n) is 5.06. The fourth-order valence-corrected chi connectivity index (χ4v) is 2.34. The molecule has 1 aromatic carbocycles. The fraction of sp³-hybridized carbons (Fsp3) is 0.600. The Labute approximate surface area is 114 Å². The zero-order valence-electron chi connectivity index (χ0n) is 11.3. The quantitative estimate of drug-likeness (QED) is 0.732. The van der Waals surface area contributed by atoms with E-state index in [1.165, 1.54) is 0 Å². The Morgan fingerprint density at radius 1 is 1.37 bits per heavy atom. The smallest absolute Gasteiger partial charge is 0.104 e. The van der Waals surface area contributed by atoms with Crippen LogP contribution in [0.15, 0.2) is 30.3 Å². The monoisotopic (exact) mass is 265 g/mol. The predicted molar refractivity (Wildman–Crippen MR) is 73.8 cm³/mol. The van der Waals surface area contributed by atoms with Gasteiger partial charge in [-0.15, -0.1) is 0 Å². The minimum atomic E-state index is -1.00. The standard InChI is InChI=1S/C15H23NO3/c16-12-15(17,13-5-2-1-3-6-13)8-10-18-11-14-7-4-9-19-14/h1-3,5-6,14,17H,4,7-12,16H2. The van der Waals surface area contributed by atoms with Gasteiger partial charge in [-0.25, -0.2) is 0 Å². The van der Waals surface area contributed by atoms with Crippen LogP contribution in [0.2, 0.25) is 0 Å². The van der Waals surface area contributed by atoms with E-state index in [1.807, 2.05) is 30.3 Å². The minimum Gasteiger partial charge on any atom is -0.384 e. The van der Waals surface area contributed by atoms with E-state index >= 15 is 0 Å². The first-order chi connectivity index (χ1) is 9.24. The Kier molecular flexibility index (Phi) is 5.34. The van der Waals surface area contributed by atoms with E-state index in [0.717, 1.165) is 25.0 Å². The van der Waals surface area contributed by atoms with Crippen LogP contribution in [-0.4, -0.2) is 37.6 Å². The molecule has 4 nitrogen and oxygen atoms in total. The summed E-state index contributed by atoms with van der Waals surface area (Å²) in [6, 6.07) is 9.53. The number of hydrogen-bond acceptors (Lipinski definition) is 4. The first kappa shape index (κ1) is 14.5. The topological polar surface area (TPSA) is 64.7 Å².